The molecule has 0 aromatic heterocycles. The number of benzene rings is 5. The van der Waals surface area contributed by atoms with Crippen molar-refractivity contribution in [3.63, 3.8) is 0 Å². The Kier molecular flexibility index (Phi) is 4.64. The Bertz CT molecular complexity index is 1630. The topological polar surface area (TPSA) is 54.1 Å². The number of nitrogens with zero attached hydrogens (tertiary/aromatic N) is 4. The summed E-state index contributed by atoms with van der Waals surface area (Å²) in [6.45, 7) is -0.170. The smallest absolute Gasteiger partial charge is 0.361 e. The lowest BCUT2D eigenvalue weighted by atomic mass is 9.53. The molecule has 5 heteroatoms. The summed E-state index contributed by atoms with van der Waals surface area (Å²) in [7, 11) is 0. The molecule has 0 N–H and O–H groups in total. The molecule has 5 aromatic carbocycles. The Morgan fingerprint density at radius 1 is 0.459 bits per heavy atom. The van der Waals surface area contributed by atoms with Gasteiger partial charge in [-0.25, -0.2) is 0 Å². The largest absolute Gasteiger partial charge is 0.421 e. The maximum absolute atomic E-state index is 9.42. The number of hydrogen-bond acceptors (Lipinski definition) is 4. The van der Waals surface area contributed by atoms with Gasteiger partial charge in [-0.1, -0.05) is 54.6 Å². The van der Waals surface area contributed by atoms with Gasteiger partial charge in [-0.15, -0.1) is 0 Å². The average molecular weight is 470 g/mol. The highest BCUT2D eigenvalue weighted by molar-refractivity contribution is 6.86. The second-order valence-corrected chi connectivity index (χ2v) is 9.23. The van der Waals surface area contributed by atoms with Crippen LogP contribution in [0.2, 0.25) is 0 Å². The van der Waals surface area contributed by atoms with Crippen LogP contribution >= 0.6 is 0 Å². The van der Waals surface area contributed by atoms with Crippen molar-refractivity contribution in [3.05, 3.63) is 126 Å². The fourth-order valence-electron chi connectivity index (χ4n) is 5.73. The van der Waals surface area contributed by atoms with Crippen LogP contribution in [-0.2, 0) is 0 Å². The first-order chi connectivity index (χ1) is 18.3. The molecule has 0 atom stereocenters. The number of para-hydroxylation sites is 2. The SMILES string of the molecule is N#Cc1ccc(N2B3c4c(cccc4-c4ccccc4N3c3ccc(C#N)cc3)-c3ccccc32)cc1. The normalized spacial score (nSPS) is 12.6. The molecule has 2 aliphatic heterocycles. The van der Waals surface area contributed by atoms with Crippen molar-refractivity contribution in [2.75, 3.05) is 9.62 Å². The van der Waals surface area contributed by atoms with Crippen molar-refractivity contribution < 1.29 is 0 Å². The maximum Gasteiger partial charge on any atom is 0.421 e. The number of nitriles is 2. The van der Waals surface area contributed by atoms with Crippen LogP contribution in [0.4, 0.5) is 22.7 Å². The first-order valence-corrected chi connectivity index (χ1v) is 12.2. The van der Waals surface area contributed by atoms with Crippen molar-refractivity contribution in [3.8, 4) is 34.4 Å². The molecule has 4 nitrogen and oxygen atoms in total. The minimum Gasteiger partial charge on any atom is -0.361 e. The van der Waals surface area contributed by atoms with Gasteiger partial charge >= 0.3 is 6.98 Å². The molecule has 37 heavy (non-hydrogen) atoms. The van der Waals surface area contributed by atoms with Crippen molar-refractivity contribution in [2.24, 2.45) is 0 Å². The Hall–Kier alpha value is -5.26. The molecular formula is C32H19BN4. The molecule has 2 aliphatic rings. The zero-order chi connectivity index (χ0) is 24.9. The van der Waals surface area contributed by atoms with E-state index < -0.39 is 0 Å². The lowest BCUT2D eigenvalue weighted by molar-refractivity contribution is 1.26. The van der Waals surface area contributed by atoms with E-state index in [1.54, 1.807) is 0 Å². The highest BCUT2D eigenvalue weighted by atomic mass is 15.2. The molecule has 5 aromatic rings. The highest BCUT2D eigenvalue weighted by Gasteiger charge is 2.46. The molecule has 0 spiro atoms. The van der Waals surface area contributed by atoms with Crippen LogP contribution in [0.25, 0.3) is 22.3 Å². The van der Waals surface area contributed by atoms with Gasteiger partial charge in [0.05, 0.1) is 23.3 Å². The van der Waals surface area contributed by atoms with Gasteiger partial charge < -0.3 is 9.62 Å². The number of rotatable bonds is 2. The van der Waals surface area contributed by atoms with E-state index in [-0.39, 0.29) is 6.98 Å². The molecule has 7 rings (SSSR count). The predicted molar refractivity (Wildman–Crippen MR) is 149 cm³/mol. The van der Waals surface area contributed by atoms with Gasteiger partial charge in [0.15, 0.2) is 0 Å². The van der Waals surface area contributed by atoms with E-state index in [1.165, 1.54) is 27.7 Å². The van der Waals surface area contributed by atoms with Crippen LogP contribution in [0.3, 0.4) is 0 Å². The lowest BCUT2D eigenvalue weighted by Gasteiger charge is -2.47. The van der Waals surface area contributed by atoms with Gasteiger partial charge in [0.1, 0.15) is 0 Å². The summed E-state index contributed by atoms with van der Waals surface area (Å²) in [6.07, 6.45) is 0. The van der Waals surface area contributed by atoms with Crippen LogP contribution in [0, 0.1) is 22.7 Å². The highest BCUT2D eigenvalue weighted by Crippen LogP contribution is 2.48. The summed E-state index contributed by atoms with van der Waals surface area (Å²) in [5.74, 6) is 0. The van der Waals surface area contributed by atoms with E-state index in [0.29, 0.717) is 11.1 Å². The summed E-state index contributed by atoms with van der Waals surface area (Å²) >= 11 is 0. The first-order valence-electron chi connectivity index (χ1n) is 12.2. The van der Waals surface area contributed by atoms with Crippen molar-refractivity contribution in [1.29, 1.82) is 10.5 Å². The summed E-state index contributed by atoms with van der Waals surface area (Å²) in [5.41, 5.74) is 11.5. The molecule has 0 unspecified atom stereocenters. The zero-order valence-electron chi connectivity index (χ0n) is 19.8. The lowest BCUT2D eigenvalue weighted by Crippen LogP contribution is -2.61. The van der Waals surface area contributed by atoms with E-state index in [2.05, 4.69) is 88.5 Å². The van der Waals surface area contributed by atoms with Crippen LogP contribution in [0.1, 0.15) is 11.1 Å². The van der Waals surface area contributed by atoms with Crippen LogP contribution in [0.5, 0.6) is 0 Å². The van der Waals surface area contributed by atoms with Gasteiger partial charge in [0, 0.05) is 33.9 Å². The fraction of sp³-hybridized carbons (Fsp3) is 0. The fourth-order valence-corrected chi connectivity index (χ4v) is 5.73. The number of hydrogen-bond donors (Lipinski definition) is 0. The molecule has 0 amide bonds. The molecule has 0 bridgehead atoms. The molecule has 0 saturated carbocycles. The second-order valence-electron chi connectivity index (χ2n) is 9.23. The maximum atomic E-state index is 9.42. The Labute approximate surface area is 216 Å². The molecule has 0 radical (unpaired) electrons. The van der Waals surface area contributed by atoms with Crippen molar-refractivity contribution >= 4 is 35.2 Å². The molecule has 2 heterocycles. The van der Waals surface area contributed by atoms with Gasteiger partial charge in [-0.3, -0.25) is 0 Å². The minimum atomic E-state index is -0.170. The molecule has 0 fully saturated rings. The molecule has 0 aliphatic carbocycles. The zero-order valence-corrected chi connectivity index (χ0v) is 19.8. The second kappa shape index (κ2) is 8.16. The molecule has 170 valence electrons. The van der Waals surface area contributed by atoms with Crippen LogP contribution < -0.4 is 15.1 Å². The molecular weight excluding hydrogens is 451 g/mol. The van der Waals surface area contributed by atoms with E-state index in [1.807, 2.05) is 48.5 Å². The Morgan fingerprint density at radius 3 is 1.30 bits per heavy atom. The van der Waals surface area contributed by atoms with Gasteiger partial charge in [0.25, 0.3) is 0 Å². The number of fused-ring (bicyclic) bond motifs is 4. The summed E-state index contributed by atoms with van der Waals surface area (Å²) in [4.78, 5) is 4.74. The standard InChI is InChI=1S/C32H19BN4/c34-20-22-12-16-24(17-13-22)36-30-10-3-1-6-26(30)28-8-5-9-29-27-7-2-4-11-31(27)37(33(36)32(28)29)25-18-14-23(21-35)15-19-25/h1-19H. The summed E-state index contributed by atoms with van der Waals surface area (Å²) < 4.78 is 0. The Morgan fingerprint density at radius 2 is 0.865 bits per heavy atom. The van der Waals surface area contributed by atoms with Gasteiger partial charge in [-0.2, -0.15) is 10.5 Å². The Balaban J connectivity index is 1.57. The third-order valence-corrected chi connectivity index (χ3v) is 7.31. The van der Waals surface area contributed by atoms with Crippen molar-refractivity contribution in [2.45, 2.75) is 0 Å². The van der Waals surface area contributed by atoms with Crippen LogP contribution in [-0.4, -0.2) is 6.98 Å². The van der Waals surface area contributed by atoms with Crippen molar-refractivity contribution in [1.82, 2.24) is 0 Å². The third-order valence-electron chi connectivity index (χ3n) is 7.31. The van der Waals surface area contributed by atoms with E-state index in [0.717, 1.165) is 22.7 Å². The summed E-state index contributed by atoms with van der Waals surface area (Å²) in [5, 5.41) is 18.8. The van der Waals surface area contributed by atoms with Crippen LogP contribution in [0.15, 0.2) is 115 Å². The van der Waals surface area contributed by atoms with E-state index in [9.17, 15) is 10.5 Å². The van der Waals surface area contributed by atoms with Gasteiger partial charge in [0.2, 0.25) is 0 Å². The third kappa shape index (κ3) is 3.08. The predicted octanol–water partition coefficient (Wildman–Crippen LogP) is 6.76. The van der Waals surface area contributed by atoms with E-state index in [4.69, 9.17) is 0 Å². The molecule has 0 saturated heterocycles. The van der Waals surface area contributed by atoms with Gasteiger partial charge in [-0.05, 0) is 77.3 Å². The monoisotopic (exact) mass is 470 g/mol. The number of anilines is 4. The quantitative estimate of drug-likeness (QED) is 0.268. The van der Waals surface area contributed by atoms with E-state index >= 15 is 0 Å². The minimum absolute atomic E-state index is 0.170. The average Bonchev–Trinajstić information content (AvgIpc) is 2.98. The summed E-state index contributed by atoms with van der Waals surface area (Å²) in [6, 6.07) is 43.7. The first kappa shape index (κ1) is 21.1.